The highest BCUT2D eigenvalue weighted by atomic mass is 35.5. The summed E-state index contributed by atoms with van der Waals surface area (Å²) in [6.07, 6.45) is 0.229. The van der Waals surface area contributed by atoms with Crippen molar-refractivity contribution in [3.05, 3.63) is 63.2 Å². The van der Waals surface area contributed by atoms with Crippen LogP contribution < -0.4 is 9.47 Å². The molecule has 8 nitrogen and oxygen atoms in total. The molecule has 0 aliphatic heterocycles. The zero-order valence-corrected chi connectivity index (χ0v) is 18.8. The summed E-state index contributed by atoms with van der Waals surface area (Å²) in [6, 6.07) is 11.5. The van der Waals surface area contributed by atoms with E-state index in [1.54, 1.807) is 26.2 Å². The molecule has 0 fully saturated rings. The maximum atomic E-state index is 11.6. The second-order valence-corrected chi connectivity index (χ2v) is 7.23. The van der Waals surface area contributed by atoms with Gasteiger partial charge in [-0.3, -0.25) is 10.1 Å². The highest BCUT2D eigenvalue weighted by Crippen LogP contribution is 2.30. The lowest BCUT2D eigenvalue weighted by Crippen LogP contribution is -2.25. The molecule has 0 N–H and O–H groups in total. The Morgan fingerprint density at radius 2 is 1.77 bits per heavy atom. The molecule has 1 unspecified atom stereocenters. The van der Waals surface area contributed by atoms with Crippen molar-refractivity contribution >= 4 is 35.8 Å². The van der Waals surface area contributed by atoms with Gasteiger partial charge in [0, 0.05) is 38.7 Å². The number of halogens is 2. The van der Waals surface area contributed by atoms with Crippen LogP contribution in [0.1, 0.15) is 18.0 Å². The minimum Gasteiger partial charge on any atom is -0.492 e. The van der Waals surface area contributed by atoms with Crippen molar-refractivity contribution in [2.45, 2.75) is 12.5 Å². The van der Waals surface area contributed by atoms with Crippen molar-refractivity contribution < 1.29 is 19.2 Å². The van der Waals surface area contributed by atoms with Crippen LogP contribution in [0.5, 0.6) is 11.5 Å². The molecule has 1 atom stereocenters. The first-order valence-electron chi connectivity index (χ1n) is 8.91. The second-order valence-electron chi connectivity index (χ2n) is 6.82. The van der Waals surface area contributed by atoms with Crippen LogP contribution >= 0.6 is 24.0 Å². The summed E-state index contributed by atoms with van der Waals surface area (Å²) >= 11 is 6.06. The monoisotopic (exact) mass is 457 g/mol. The van der Waals surface area contributed by atoms with E-state index in [1.165, 1.54) is 23.1 Å². The second kappa shape index (κ2) is 11.6. The van der Waals surface area contributed by atoms with Gasteiger partial charge in [0.2, 0.25) is 0 Å². The van der Waals surface area contributed by atoms with E-state index in [9.17, 15) is 14.9 Å². The van der Waals surface area contributed by atoms with E-state index >= 15 is 0 Å². The number of ether oxygens (including phenoxy) is 2. The fourth-order valence-electron chi connectivity index (χ4n) is 2.67. The topological polar surface area (TPSA) is 85.1 Å². The van der Waals surface area contributed by atoms with Crippen LogP contribution in [0.2, 0.25) is 5.02 Å². The molecule has 2 rings (SSSR count). The number of non-ortho nitro benzene ring substituents is 1. The Balaban J connectivity index is 0.00000450. The maximum absolute atomic E-state index is 11.6. The normalized spacial score (nSPS) is 11.4. The quantitative estimate of drug-likeness (QED) is 0.417. The molecule has 0 aliphatic rings. The Morgan fingerprint density at radius 1 is 1.13 bits per heavy atom. The molecule has 0 spiro atoms. The van der Waals surface area contributed by atoms with Gasteiger partial charge >= 0.3 is 6.09 Å². The minimum absolute atomic E-state index is 0. The molecule has 10 heteroatoms. The fourth-order valence-corrected chi connectivity index (χ4v) is 2.90. The zero-order valence-electron chi connectivity index (χ0n) is 17.2. The molecule has 30 heavy (non-hydrogen) atoms. The van der Waals surface area contributed by atoms with Crippen LogP contribution in [0.4, 0.5) is 10.5 Å². The van der Waals surface area contributed by atoms with E-state index < -0.39 is 11.0 Å². The maximum Gasteiger partial charge on any atom is 0.414 e. The van der Waals surface area contributed by atoms with Crippen molar-refractivity contribution in [1.82, 2.24) is 9.80 Å². The third-order valence-corrected chi connectivity index (χ3v) is 4.53. The smallest absolute Gasteiger partial charge is 0.414 e. The number of nitro groups is 1. The van der Waals surface area contributed by atoms with E-state index in [2.05, 4.69) is 4.90 Å². The van der Waals surface area contributed by atoms with Gasteiger partial charge in [0.15, 0.2) is 0 Å². The van der Waals surface area contributed by atoms with Gasteiger partial charge in [0.1, 0.15) is 11.5 Å². The van der Waals surface area contributed by atoms with Crippen LogP contribution in [0.3, 0.4) is 0 Å². The molecule has 2 aromatic carbocycles. The van der Waals surface area contributed by atoms with Gasteiger partial charge < -0.3 is 19.3 Å². The van der Waals surface area contributed by atoms with Crippen LogP contribution in [0.25, 0.3) is 0 Å². The highest BCUT2D eigenvalue weighted by Gasteiger charge is 2.16. The minimum atomic E-state index is -0.503. The van der Waals surface area contributed by atoms with E-state index in [1.807, 2.05) is 26.2 Å². The Kier molecular flexibility index (Phi) is 9.84. The summed E-state index contributed by atoms with van der Waals surface area (Å²) < 4.78 is 11.0. The molecule has 2 aromatic rings. The number of carbonyl (C=O) groups is 1. The Hall–Kier alpha value is -2.55. The molecular weight excluding hydrogens is 433 g/mol. The lowest BCUT2D eigenvalue weighted by Gasteiger charge is -2.25. The van der Waals surface area contributed by atoms with E-state index in [4.69, 9.17) is 21.1 Å². The highest BCUT2D eigenvalue weighted by molar-refractivity contribution is 6.32. The summed E-state index contributed by atoms with van der Waals surface area (Å²) in [7, 11) is 7.17. The molecule has 1 amide bonds. The summed E-state index contributed by atoms with van der Waals surface area (Å²) in [5.74, 6) is 0.875. The number of hydrogen-bond acceptors (Lipinski definition) is 6. The van der Waals surface area contributed by atoms with Gasteiger partial charge in [-0.15, -0.1) is 12.4 Å². The molecule has 164 valence electrons. The van der Waals surface area contributed by atoms with Crippen LogP contribution in [-0.2, 0) is 0 Å². The van der Waals surface area contributed by atoms with Crippen molar-refractivity contribution in [2.75, 3.05) is 34.8 Å². The van der Waals surface area contributed by atoms with Gasteiger partial charge in [-0.25, -0.2) is 4.79 Å². The van der Waals surface area contributed by atoms with E-state index in [-0.39, 0.29) is 29.2 Å². The van der Waals surface area contributed by atoms with Gasteiger partial charge in [-0.05, 0) is 37.9 Å². The fraction of sp³-hybridized carbons (Fsp3) is 0.350. The SMILES string of the molecule is CN(C)C(=O)Oc1ccc(C(CCOc2ccc([N+](=O)[O-])cc2Cl)N(C)C)cc1.Cl. The standard InChI is InChI=1S/C20H24ClN3O5.ClH/c1-22(2)18(14-5-8-16(9-6-14)29-20(25)23(3)4)11-12-28-19-10-7-15(24(26)27)13-17(19)21;/h5-10,13,18H,11-12H2,1-4H3;1H. The number of benzene rings is 2. The van der Waals surface area contributed by atoms with Crippen molar-refractivity contribution in [1.29, 1.82) is 0 Å². The number of amides is 1. The van der Waals surface area contributed by atoms with Gasteiger partial charge in [-0.1, -0.05) is 23.7 Å². The lowest BCUT2D eigenvalue weighted by atomic mass is 10.0. The summed E-state index contributed by atoms with van der Waals surface area (Å²) in [5, 5.41) is 11.0. The predicted octanol–water partition coefficient (Wildman–Crippen LogP) is 4.80. The predicted molar refractivity (Wildman–Crippen MR) is 118 cm³/mol. The number of hydrogen-bond donors (Lipinski definition) is 0. The van der Waals surface area contributed by atoms with Crippen LogP contribution in [-0.4, -0.2) is 55.6 Å². The summed E-state index contributed by atoms with van der Waals surface area (Å²) in [4.78, 5) is 25.3. The van der Waals surface area contributed by atoms with Crippen LogP contribution in [0.15, 0.2) is 42.5 Å². The molecule has 0 heterocycles. The number of nitrogens with zero attached hydrogens (tertiary/aromatic N) is 3. The lowest BCUT2D eigenvalue weighted by molar-refractivity contribution is -0.384. The molecule has 0 saturated heterocycles. The average molecular weight is 458 g/mol. The summed E-state index contributed by atoms with van der Waals surface area (Å²) in [5.41, 5.74) is 0.960. The third kappa shape index (κ3) is 7.05. The third-order valence-electron chi connectivity index (χ3n) is 4.23. The number of nitro benzene ring substituents is 1. The zero-order chi connectivity index (χ0) is 21.6. The first kappa shape index (κ1) is 25.5. The van der Waals surface area contributed by atoms with Crippen molar-refractivity contribution in [2.24, 2.45) is 0 Å². The molecule has 0 saturated carbocycles. The molecule has 0 aromatic heterocycles. The van der Waals surface area contributed by atoms with Crippen LogP contribution in [0, 0.1) is 10.1 Å². The largest absolute Gasteiger partial charge is 0.492 e. The Bertz CT molecular complexity index is 860. The van der Waals surface area contributed by atoms with Gasteiger partial charge in [0.25, 0.3) is 5.69 Å². The summed E-state index contributed by atoms with van der Waals surface area (Å²) in [6.45, 7) is 0.373. The van der Waals surface area contributed by atoms with E-state index in [0.717, 1.165) is 5.56 Å². The van der Waals surface area contributed by atoms with Crippen molar-refractivity contribution in [3.63, 3.8) is 0 Å². The molecular formula is C20H25Cl2N3O5. The van der Waals surface area contributed by atoms with Gasteiger partial charge in [-0.2, -0.15) is 0 Å². The Labute approximate surface area is 186 Å². The van der Waals surface area contributed by atoms with Gasteiger partial charge in [0.05, 0.1) is 16.6 Å². The first-order valence-corrected chi connectivity index (χ1v) is 9.29. The molecule has 0 aliphatic carbocycles. The molecule has 0 bridgehead atoms. The number of rotatable bonds is 8. The Morgan fingerprint density at radius 3 is 2.27 bits per heavy atom. The van der Waals surface area contributed by atoms with Crippen molar-refractivity contribution in [3.8, 4) is 11.5 Å². The number of carbonyl (C=O) groups excluding carboxylic acids is 1. The molecule has 0 radical (unpaired) electrons. The average Bonchev–Trinajstić information content (AvgIpc) is 2.66. The van der Waals surface area contributed by atoms with E-state index in [0.29, 0.717) is 24.5 Å². The first-order chi connectivity index (χ1) is 13.7.